The number of allylic oxidation sites excluding steroid dienone is 4. The lowest BCUT2D eigenvalue weighted by molar-refractivity contribution is 0.685. The summed E-state index contributed by atoms with van der Waals surface area (Å²) in [4.78, 5) is 4.62. The van der Waals surface area contributed by atoms with E-state index in [0.717, 1.165) is 6.54 Å². The molecule has 1 heteroatoms. The molecular formula is C12H17N. The van der Waals surface area contributed by atoms with Gasteiger partial charge in [-0.3, -0.25) is 4.99 Å². The molecule has 0 radical (unpaired) electrons. The summed E-state index contributed by atoms with van der Waals surface area (Å²) in [6.45, 7) is 3.34. The maximum Gasteiger partial charge on any atom is 0.0392 e. The van der Waals surface area contributed by atoms with E-state index in [1.54, 1.807) is 0 Å². The van der Waals surface area contributed by atoms with Crippen molar-refractivity contribution in [1.82, 2.24) is 0 Å². The van der Waals surface area contributed by atoms with Gasteiger partial charge in [0.05, 0.1) is 0 Å². The van der Waals surface area contributed by atoms with Crippen LogP contribution in [0.1, 0.15) is 32.6 Å². The molecule has 0 fully saturated rings. The van der Waals surface area contributed by atoms with Gasteiger partial charge in [0.2, 0.25) is 0 Å². The van der Waals surface area contributed by atoms with E-state index in [9.17, 15) is 0 Å². The molecule has 0 aromatic carbocycles. The van der Waals surface area contributed by atoms with Crippen molar-refractivity contribution in [3.8, 4) is 0 Å². The molecular weight excluding hydrogens is 158 g/mol. The summed E-state index contributed by atoms with van der Waals surface area (Å²) < 4.78 is 0. The minimum atomic E-state index is 0.682. The first kappa shape index (κ1) is 8.74. The Morgan fingerprint density at radius 1 is 1.38 bits per heavy atom. The molecule has 0 aromatic rings. The fourth-order valence-electron chi connectivity index (χ4n) is 2.06. The van der Waals surface area contributed by atoms with Gasteiger partial charge in [-0.15, -0.1) is 0 Å². The summed E-state index contributed by atoms with van der Waals surface area (Å²) in [6.07, 6.45) is 11.7. The standard InChI is InChI=1S/C12H17N/c1-10-6-2-3-7-11(10)12-8-4-5-9-13-12/h2-3,7,10H,4-6,8-9H2,1H3. The normalized spacial score (nSPS) is 28.2. The van der Waals surface area contributed by atoms with Gasteiger partial charge in [0, 0.05) is 12.3 Å². The quantitative estimate of drug-likeness (QED) is 0.580. The van der Waals surface area contributed by atoms with Crippen LogP contribution in [0.15, 0.2) is 28.8 Å². The molecule has 0 spiro atoms. The summed E-state index contributed by atoms with van der Waals surface area (Å²) in [5, 5.41) is 0. The fourth-order valence-corrected chi connectivity index (χ4v) is 2.06. The highest BCUT2D eigenvalue weighted by Gasteiger charge is 2.16. The lowest BCUT2D eigenvalue weighted by Crippen LogP contribution is -2.15. The van der Waals surface area contributed by atoms with E-state index in [0.29, 0.717) is 5.92 Å². The topological polar surface area (TPSA) is 12.4 Å². The van der Waals surface area contributed by atoms with Crippen molar-refractivity contribution in [3.63, 3.8) is 0 Å². The number of hydrogen-bond acceptors (Lipinski definition) is 1. The van der Waals surface area contributed by atoms with Crippen molar-refractivity contribution in [2.45, 2.75) is 32.6 Å². The van der Waals surface area contributed by atoms with Crippen LogP contribution in [0.2, 0.25) is 0 Å². The summed E-state index contributed by atoms with van der Waals surface area (Å²) in [5.41, 5.74) is 2.87. The summed E-state index contributed by atoms with van der Waals surface area (Å²) >= 11 is 0. The SMILES string of the molecule is CC1CC=CC=C1C1=NCCCC1. The van der Waals surface area contributed by atoms with Gasteiger partial charge >= 0.3 is 0 Å². The Labute approximate surface area is 80.3 Å². The van der Waals surface area contributed by atoms with Crippen LogP contribution < -0.4 is 0 Å². The zero-order chi connectivity index (χ0) is 9.10. The van der Waals surface area contributed by atoms with Gasteiger partial charge < -0.3 is 0 Å². The van der Waals surface area contributed by atoms with E-state index in [1.807, 2.05) is 0 Å². The van der Waals surface area contributed by atoms with Gasteiger partial charge in [0.1, 0.15) is 0 Å². The third kappa shape index (κ3) is 1.90. The highest BCUT2D eigenvalue weighted by Crippen LogP contribution is 2.24. The zero-order valence-corrected chi connectivity index (χ0v) is 8.29. The van der Waals surface area contributed by atoms with E-state index < -0.39 is 0 Å². The molecule has 0 aromatic heterocycles. The molecule has 13 heavy (non-hydrogen) atoms. The Hall–Kier alpha value is -0.850. The summed E-state index contributed by atoms with van der Waals surface area (Å²) in [7, 11) is 0. The van der Waals surface area contributed by atoms with Crippen molar-refractivity contribution >= 4 is 5.71 Å². The second kappa shape index (κ2) is 3.91. The molecule has 2 aliphatic rings. The molecule has 0 saturated heterocycles. The molecule has 1 atom stereocenters. The van der Waals surface area contributed by atoms with E-state index >= 15 is 0 Å². The Morgan fingerprint density at radius 2 is 2.31 bits per heavy atom. The summed E-state index contributed by atoms with van der Waals surface area (Å²) in [5.74, 6) is 0.682. The van der Waals surface area contributed by atoms with Crippen molar-refractivity contribution < 1.29 is 0 Å². The monoisotopic (exact) mass is 175 g/mol. The van der Waals surface area contributed by atoms with Crippen LogP contribution in [0.4, 0.5) is 0 Å². The Bertz CT molecular complexity index is 271. The minimum absolute atomic E-state index is 0.682. The zero-order valence-electron chi connectivity index (χ0n) is 8.29. The van der Waals surface area contributed by atoms with Gasteiger partial charge in [-0.2, -0.15) is 0 Å². The van der Waals surface area contributed by atoms with Crippen LogP contribution in [0.3, 0.4) is 0 Å². The van der Waals surface area contributed by atoms with Crippen molar-refractivity contribution in [3.05, 3.63) is 23.8 Å². The molecule has 1 unspecified atom stereocenters. The third-order valence-corrected chi connectivity index (χ3v) is 2.89. The number of rotatable bonds is 1. The smallest absolute Gasteiger partial charge is 0.0392 e. The molecule has 0 N–H and O–H groups in total. The average molecular weight is 175 g/mol. The van der Waals surface area contributed by atoms with E-state index in [4.69, 9.17) is 0 Å². The molecule has 0 bridgehead atoms. The van der Waals surface area contributed by atoms with Crippen LogP contribution in [0, 0.1) is 5.92 Å². The van der Waals surface area contributed by atoms with Crippen LogP contribution in [-0.4, -0.2) is 12.3 Å². The first-order chi connectivity index (χ1) is 6.38. The van der Waals surface area contributed by atoms with Gasteiger partial charge in [-0.05, 0) is 37.2 Å². The van der Waals surface area contributed by atoms with E-state index in [2.05, 4.69) is 30.1 Å². The molecule has 1 nitrogen and oxygen atoms in total. The Balaban J connectivity index is 2.18. The van der Waals surface area contributed by atoms with Crippen LogP contribution in [0.25, 0.3) is 0 Å². The molecule has 1 heterocycles. The van der Waals surface area contributed by atoms with Crippen molar-refractivity contribution in [1.29, 1.82) is 0 Å². The third-order valence-electron chi connectivity index (χ3n) is 2.89. The van der Waals surface area contributed by atoms with Crippen molar-refractivity contribution in [2.24, 2.45) is 10.9 Å². The maximum atomic E-state index is 4.62. The Morgan fingerprint density at radius 3 is 3.00 bits per heavy atom. The molecule has 0 amide bonds. The first-order valence-corrected chi connectivity index (χ1v) is 5.28. The van der Waals surface area contributed by atoms with Crippen LogP contribution in [0.5, 0.6) is 0 Å². The van der Waals surface area contributed by atoms with E-state index in [-0.39, 0.29) is 0 Å². The van der Waals surface area contributed by atoms with Gasteiger partial charge in [0.25, 0.3) is 0 Å². The number of aliphatic imine (C=N–C) groups is 1. The highest BCUT2D eigenvalue weighted by atomic mass is 14.7. The minimum Gasteiger partial charge on any atom is -0.289 e. The van der Waals surface area contributed by atoms with E-state index in [1.165, 1.54) is 37.0 Å². The van der Waals surface area contributed by atoms with Crippen LogP contribution in [-0.2, 0) is 0 Å². The predicted octanol–water partition coefficient (Wildman–Crippen LogP) is 3.13. The Kier molecular flexibility index (Phi) is 2.62. The average Bonchev–Trinajstić information content (AvgIpc) is 2.20. The molecule has 70 valence electrons. The highest BCUT2D eigenvalue weighted by molar-refractivity contribution is 6.01. The molecule has 2 rings (SSSR count). The lowest BCUT2D eigenvalue weighted by atomic mass is 9.87. The molecule has 0 saturated carbocycles. The van der Waals surface area contributed by atoms with Gasteiger partial charge in [-0.1, -0.05) is 25.2 Å². The second-order valence-corrected chi connectivity index (χ2v) is 3.97. The predicted molar refractivity (Wildman–Crippen MR) is 57.2 cm³/mol. The fraction of sp³-hybridized carbons (Fsp3) is 0.583. The lowest BCUT2D eigenvalue weighted by Gasteiger charge is -2.21. The van der Waals surface area contributed by atoms with Gasteiger partial charge in [-0.25, -0.2) is 0 Å². The maximum absolute atomic E-state index is 4.62. The largest absolute Gasteiger partial charge is 0.289 e. The van der Waals surface area contributed by atoms with Crippen molar-refractivity contribution in [2.75, 3.05) is 6.54 Å². The molecule has 1 aliphatic heterocycles. The number of nitrogens with zero attached hydrogens (tertiary/aromatic N) is 1. The number of hydrogen-bond donors (Lipinski definition) is 0. The summed E-state index contributed by atoms with van der Waals surface area (Å²) in [6, 6.07) is 0. The van der Waals surface area contributed by atoms with Gasteiger partial charge in [0.15, 0.2) is 0 Å². The molecule has 1 aliphatic carbocycles. The second-order valence-electron chi connectivity index (χ2n) is 3.97. The van der Waals surface area contributed by atoms with Crippen LogP contribution >= 0.6 is 0 Å². The first-order valence-electron chi connectivity index (χ1n) is 5.28.